The summed E-state index contributed by atoms with van der Waals surface area (Å²) in [6.07, 6.45) is 0.788. The monoisotopic (exact) mass is 302 g/mol. The average Bonchev–Trinajstić information content (AvgIpc) is 2.39. The fourth-order valence-corrected chi connectivity index (χ4v) is 1.41. The maximum atomic E-state index is 13.2. The van der Waals surface area contributed by atoms with E-state index >= 15 is 0 Å². The number of hydrogen-bond acceptors (Lipinski definition) is 2. The Labute approximate surface area is 110 Å². The summed E-state index contributed by atoms with van der Waals surface area (Å²) in [7, 11) is 0. The quantitative estimate of drug-likeness (QED) is 0.208. The van der Waals surface area contributed by atoms with Crippen molar-refractivity contribution in [3.05, 3.63) is 34.6 Å². The lowest BCUT2D eigenvalue weighted by Gasteiger charge is -2.08. The van der Waals surface area contributed by atoms with E-state index in [-0.39, 0.29) is 6.61 Å². The van der Waals surface area contributed by atoms with Gasteiger partial charge in [-0.05, 0) is 12.8 Å². The van der Waals surface area contributed by atoms with E-state index in [9.17, 15) is 26.7 Å². The maximum Gasteiger partial charge on any atom is 0.344 e. The molecule has 0 spiro atoms. The molecule has 19 heavy (non-hydrogen) atoms. The van der Waals surface area contributed by atoms with Crippen molar-refractivity contribution in [1.29, 1.82) is 0 Å². The first-order chi connectivity index (χ1) is 8.91. The van der Waals surface area contributed by atoms with E-state index in [1.54, 1.807) is 0 Å². The molecule has 0 bridgehead atoms. The van der Waals surface area contributed by atoms with Crippen molar-refractivity contribution in [1.82, 2.24) is 0 Å². The summed E-state index contributed by atoms with van der Waals surface area (Å²) in [6.45, 7) is -0.231. The van der Waals surface area contributed by atoms with Crippen LogP contribution in [0.15, 0.2) is 0 Å². The third kappa shape index (κ3) is 3.34. The molecule has 0 unspecified atom stereocenters. The van der Waals surface area contributed by atoms with Crippen molar-refractivity contribution >= 4 is 17.6 Å². The summed E-state index contributed by atoms with van der Waals surface area (Å²) < 4.78 is 69.1. The minimum Gasteiger partial charge on any atom is -0.462 e. The number of ether oxygens (including phenoxy) is 1. The molecule has 0 amide bonds. The highest BCUT2D eigenvalue weighted by atomic mass is 35.5. The van der Waals surface area contributed by atoms with Crippen molar-refractivity contribution < 1.29 is 31.5 Å². The second-order valence-electron chi connectivity index (χ2n) is 3.48. The van der Waals surface area contributed by atoms with Gasteiger partial charge in [0.15, 0.2) is 23.3 Å². The van der Waals surface area contributed by atoms with Crippen LogP contribution >= 0.6 is 11.6 Å². The van der Waals surface area contributed by atoms with Gasteiger partial charge in [-0.15, -0.1) is 11.6 Å². The third-order valence-corrected chi connectivity index (χ3v) is 2.44. The lowest BCUT2D eigenvalue weighted by atomic mass is 10.1. The standard InChI is InChI=1S/C11H8ClF5O2/c12-3-1-2-4-19-11(18)5-6(13)8(15)10(17)9(16)7(5)14/h1-4H2. The van der Waals surface area contributed by atoms with Gasteiger partial charge in [-0.25, -0.2) is 26.7 Å². The molecule has 0 fully saturated rings. The Morgan fingerprint density at radius 3 is 1.84 bits per heavy atom. The second-order valence-corrected chi connectivity index (χ2v) is 3.85. The first-order valence-electron chi connectivity index (χ1n) is 5.16. The van der Waals surface area contributed by atoms with Crippen LogP contribution < -0.4 is 0 Å². The van der Waals surface area contributed by atoms with Crippen molar-refractivity contribution in [3.63, 3.8) is 0 Å². The van der Waals surface area contributed by atoms with E-state index in [0.717, 1.165) is 0 Å². The van der Waals surface area contributed by atoms with Crippen LogP contribution in [-0.4, -0.2) is 18.5 Å². The number of unbranched alkanes of at least 4 members (excludes halogenated alkanes) is 1. The molecule has 1 aromatic rings. The average molecular weight is 303 g/mol. The molecular weight excluding hydrogens is 295 g/mol. The van der Waals surface area contributed by atoms with Gasteiger partial charge in [0.25, 0.3) is 0 Å². The number of alkyl halides is 1. The Balaban J connectivity index is 2.97. The van der Waals surface area contributed by atoms with Gasteiger partial charge < -0.3 is 4.74 Å². The molecule has 1 aromatic carbocycles. The van der Waals surface area contributed by atoms with Gasteiger partial charge in [0.05, 0.1) is 6.61 Å². The number of carbonyl (C=O) groups excluding carboxylic acids is 1. The summed E-state index contributed by atoms with van der Waals surface area (Å²) in [5, 5.41) is 0. The second kappa shape index (κ2) is 6.70. The van der Waals surface area contributed by atoms with Crippen LogP contribution in [0.4, 0.5) is 22.0 Å². The van der Waals surface area contributed by atoms with E-state index in [0.29, 0.717) is 18.7 Å². The summed E-state index contributed by atoms with van der Waals surface area (Å²) in [4.78, 5) is 11.3. The van der Waals surface area contributed by atoms with Crippen molar-refractivity contribution in [2.45, 2.75) is 12.8 Å². The molecule has 0 aliphatic carbocycles. The highest BCUT2D eigenvalue weighted by Gasteiger charge is 2.30. The number of rotatable bonds is 5. The lowest BCUT2D eigenvalue weighted by molar-refractivity contribution is 0.0485. The summed E-state index contributed by atoms with van der Waals surface area (Å²) in [5.41, 5.74) is -1.60. The Hall–Kier alpha value is -1.37. The highest BCUT2D eigenvalue weighted by molar-refractivity contribution is 6.17. The zero-order valence-corrected chi connectivity index (χ0v) is 10.2. The van der Waals surface area contributed by atoms with Gasteiger partial charge in [-0.2, -0.15) is 0 Å². The Kier molecular flexibility index (Phi) is 5.53. The molecule has 0 atom stereocenters. The Bertz CT molecular complexity index is 463. The fraction of sp³-hybridized carbons (Fsp3) is 0.364. The zero-order chi connectivity index (χ0) is 14.6. The summed E-state index contributed by atoms with van der Waals surface area (Å²) >= 11 is 5.34. The summed E-state index contributed by atoms with van der Waals surface area (Å²) in [6, 6.07) is 0. The molecule has 0 saturated heterocycles. The molecule has 8 heteroatoms. The minimum absolute atomic E-state index is 0.231. The van der Waals surface area contributed by atoms with Crippen LogP contribution in [0.2, 0.25) is 0 Å². The SMILES string of the molecule is O=C(OCCCCCl)c1c(F)c(F)c(F)c(F)c1F. The third-order valence-electron chi connectivity index (χ3n) is 2.18. The van der Waals surface area contributed by atoms with Crippen LogP contribution in [-0.2, 0) is 4.74 Å². The van der Waals surface area contributed by atoms with Crippen molar-refractivity contribution in [2.24, 2.45) is 0 Å². The first-order valence-corrected chi connectivity index (χ1v) is 5.69. The molecule has 0 aliphatic rings. The number of benzene rings is 1. The van der Waals surface area contributed by atoms with Crippen molar-refractivity contribution in [2.75, 3.05) is 12.5 Å². The van der Waals surface area contributed by atoms with E-state index in [2.05, 4.69) is 4.74 Å². The minimum atomic E-state index is -2.33. The van der Waals surface area contributed by atoms with Crippen LogP contribution in [0.3, 0.4) is 0 Å². The first kappa shape index (κ1) is 15.7. The largest absolute Gasteiger partial charge is 0.462 e. The van der Waals surface area contributed by atoms with Crippen LogP contribution in [0, 0.1) is 29.1 Å². The van der Waals surface area contributed by atoms with E-state index < -0.39 is 40.6 Å². The van der Waals surface area contributed by atoms with Gasteiger partial charge in [-0.1, -0.05) is 0 Å². The predicted octanol–water partition coefficient (Wildman–Crippen LogP) is 3.56. The number of halogens is 6. The molecule has 0 radical (unpaired) electrons. The highest BCUT2D eigenvalue weighted by Crippen LogP contribution is 2.23. The molecule has 0 aromatic heterocycles. The lowest BCUT2D eigenvalue weighted by Crippen LogP contribution is -2.15. The van der Waals surface area contributed by atoms with Gasteiger partial charge in [0.1, 0.15) is 5.56 Å². The molecule has 0 saturated carbocycles. The van der Waals surface area contributed by atoms with Crippen molar-refractivity contribution in [3.8, 4) is 0 Å². The number of carbonyl (C=O) groups is 1. The van der Waals surface area contributed by atoms with Gasteiger partial charge in [-0.3, -0.25) is 0 Å². The molecule has 1 rings (SSSR count). The molecule has 0 N–H and O–H groups in total. The fourth-order valence-electron chi connectivity index (χ4n) is 1.22. The Morgan fingerprint density at radius 1 is 0.895 bits per heavy atom. The van der Waals surface area contributed by atoms with Crippen LogP contribution in [0.1, 0.15) is 23.2 Å². The van der Waals surface area contributed by atoms with E-state index in [4.69, 9.17) is 11.6 Å². The molecular formula is C11H8ClF5O2. The number of esters is 1. The zero-order valence-electron chi connectivity index (χ0n) is 9.41. The van der Waals surface area contributed by atoms with Gasteiger partial charge in [0, 0.05) is 5.88 Å². The van der Waals surface area contributed by atoms with E-state index in [1.165, 1.54) is 0 Å². The summed E-state index contributed by atoms with van der Waals surface area (Å²) in [5.74, 6) is -12.4. The molecule has 0 heterocycles. The molecule has 2 nitrogen and oxygen atoms in total. The normalized spacial score (nSPS) is 10.6. The Morgan fingerprint density at radius 2 is 1.37 bits per heavy atom. The van der Waals surface area contributed by atoms with Gasteiger partial charge >= 0.3 is 5.97 Å². The number of hydrogen-bond donors (Lipinski definition) is 0. The van der Waals surface area contributed by atoms with Crippen LogP contribution in [0.25, 0.3) is 0 Å². The maximum absolute atomic E-state index is 13.2. The van der Waals surface area contributed by atoms with E-state index in [1.807, 2.05) is 0 Å². The van der Waals surface area contributed by atoms with Gasteiger partial charge in [0.2, 0.25) is 5.82 Å². The smallest absolute Gasteiger partial charge is 0.344 e. The topological polar surface area (TPSA) is 26.3 Å². The molecule has 106 valence electrons. The molecule has 0 aliphatic heterocycles. The predicted molar refractivity (Wildman–Crippen MR) is 56.5 cm³/mol. The van der Waals surface area contributed by atoms with Crippen LogP contribution in [0.5, 0.6) is 0 Å².